The minimum atomic E-state index is -4.64. The third kappa shape index (κ3) is 12.1. The van der Waals surface area contributed by atoms with E-state index in [1.54, 1.807) is 6.07 Å². The van der Waals surface area contributed by atoms with Crippen molar-refractivity contribution < 1.29 is 34.0 Å². The molecule has 0 spiro atoms. The molecule has 1 aromatic heterocycles. The summed E-state index contributed by atoms with van der Waals surface area (Å²) in [6.45, 7) is 26.8. The lowest BCUT2D eigenvalue weighted by atomic mass is 10.1. The van der Waals surface area contributed by atoms with E-state index in [1.807, 2.05) is 0 Å². The van der Waals surface area contributed by atoms with Gasteiger partial charge in [-0.2, -0.15) is 13.2 Å². The third-order valence-electron chi connectivity index (χ3n) is 6.16. The molecule has 0 saturated heterocycles. The van der Waals surface area contributed by atoms with Crippen molar-refractivity contribution in [2.24, 2.45) is 0 Å². The van der Waals surface area contributed by atoms with E-state index < -0.39 is 59.7 Å². The van der Waals surface area contributed by atoms with Gasteiger partial charge in [-0.25, -0.2) is 4.79 Å². The third-order valence-corrected chi connectivity index (χ3v) is 24.2. The Morgan fingerprint density at radius 2 is 1.33 bits per heavy atom. The molecular formula is C27H50F3NO6Si5. The van der Waals surface area contributed by atoms with Crippen LogP contribution in [0.25, 0.3) is 11.0 Å². The Bertz CT molecular complexity index is 1260. The molecule has 15 heteroatoms. The molecule has 0 N–H and O–H groups in total. The fraction of sp³-hybridized carbons (Fsp3) is 0.667. The van der Waals surface area contributed by atoms with E-state index in [1.165, 1.54) is 12.1 Å². The zero-order valence-electron chi connectivity index (χ0n) is 27.4. The number of hydrogen-bond acceptors (Lipinski definition) is 7. The summed E-state index contributed by atoms with van der Waals surface area (Å²) in [5, 5.41) is -0.120. The molecule has 0 amide bonds. The van der Waals surface area contributed by atoms with Gasteiger partial charge in [-0.15, -0.1) is 0 Å². The first-order chi connectivity index (χ1) is 18.8. The van der Waals surface area contributed by atoms with Crippen molar-refractivity contribution in [1.82, 2.24) is 0 Å². The van der Waals surface area contributed by atoms with Crippen molar-refractivity contribution in [2.45, 2.75) is 104 Å². The molecule has 7 nitrogen and oxygen atoms in total. The first-order valence-electron chi connectivity index (χ1n) is 14.5. The topological polar surface area (TPSA) is 70.4 Å². The molecule has 0 unspecified atom stereocenters. The second-order valence-corrected chi connectivity index (χ2v) is 33.6. The Morgan fingerprint density at radius 1 is 0.786 bits per heavy atom. The fourth-order valence-corrected chi connectivity index (χ4v) is 29.4. The van der Waals surface area contributed by atoms with Crippen LogP contribution in [0.4, 0.5) is 18.9 Å². The maximum atomic E-state index is 13.5. The monoisotopic (exact) mass is 681 g/mol. The van der Waals surface area contributed by atoms with Gasteiger partial charge in [0.15, 0.2) is 16.6 Å². The van der Waals surface area contributed by atoms with Crippen LogP contribution in [0.1, 0.15) is 25.3 Å². The quantitative estimate of drug-likeness (QED) is 0.138. The van der Waals surface area contributed by atoms with Crippen molar-refractivity contribution in [1.29, 1.82) is 0 Å². The number of anilines is 1. The van der Waals surface area contributed by atoms with Crippen LogP contribution in [0.5, 0.6) is 0 Å². The van der Waals surface area contributed by atoms with E-state index in [0.29, 0.717) is 12.6 Å². The predicted octanol–water partition coefficient (Wildman–Crippen LogP) is 8.63. The highest BCUT2D eigenvalue weighted by Gasteiger charge is 2.45. The highest BCUT2D eigenvalue weighted by atomic mass is 28.5. The van der Waals surface area contributed by atoms with Crippen LogP contribution in [0.15, 0.2) is 33.5 Å². The Labute approximate surface area is 254 Å². The standard InChI is InChI=1S/C27H50F3NO6Si5/c1-13-17-31(22-15-16-23-24(27(28,29)30)21-26(32)33-25(23)20-22)18-14-19-39(5,6)35-41(9,10)37-42(11,12)36-40(7,8)34-38(2,3)4/h15-16,20-21H,13-14,17-19H2,1-12H3. The van der Waals surface area contributed by atoms with Gasteiger partial charge in [-0.3, -0.25) is 0 Å². The average molecular weight is 682 g/mol. The minimum Gasteiger partial charge on any atom is -0.437 e. The van der Waals surface area contributed by atoms with Crippen LogP contribution in [0.3, 0.4) is 0 Å². The molecule has 1 heterocycles. The lowest BCUT2D eigenvalue weighted by molar-refractivity contribution is -0.136. The van der Waals surface area contributed by atoms with Crippen LogP contribution in [-0.2, 0) is 22.6 Å². The molecule has 0 aliphatic carbocycles. The predicted molar refractivity (Wildman–Crippen MR) is 177 cm³/mol. The van der Waals surface area contributed by atoms with Gasteiger partial charge in [-0.1, -0.05) is 6.92 Å². The first kappa shape index (κ1) is 37.1. The van der Waals surface area contributed by atoms with Gasteiger partial charge >= 0.3 is 37.5 Å². The molecule has 0 fully saturated rings. The molecule has 0 aliphatic rings. The molecule has 0 atom stereocenters. The maximum absolute atomic E-state index is 13.5. The van der Waals surface area contributed by atoms with Crippen molar-refractivity contribution in [3.8, 4) is 0 Å². The number of fused-ring (bicyclic) bond motifs is 1. The van der Waals surface area contributed by atoms with Gasteiger partial charge in [0, 0.05) is 36.3 Å². The minimum absolute atomic E-state index is 0.0631. The average Bonchev–Trinajstić information content (AvgIpc) is 2.72. The first-order valence-corrected chi connectivity index (χ1v) is 29.5. The summed E-state index contributed by atoms with van der Waals surface area (Å²) in [5.74, 6) is 0. The zero-order chi connectivity index (χ0) is 32.4. The number of hydrogen-bond donors (Lipinski definition) is 0. The van der Waals surface area contributed by atoms with Crippen LogP contribution in [0, 0.1) is 0 Å². The Balaban J connectivity index is 2.09. The normalized spacial score (nSPS) is 14.1. The van der Waals surface area contributed by atoms with Gasteiger partial charge < -0.3 is 25.8 Å². The van der Waals surface area contributed by atoms with E-state index in [2.05, 4.69) is 83.8 Å². The second kappa shape index (κ2) is 13.5. The summed E-state index contributed by atoms with van der Waals surface area (Å²) < 4.78 is 71.9. The van der Waals surface area contributed by atoms with Crippen molar-refractivity contribution >= 4 is 59.0 Å². The highest BCUT2D eigenvalue weighted by Crippen LogP contribution is 2.35. The molecular weight excluding hydrogens is 632 g/mol. The Hall–Kier alpha value is -1.06. The molecule has 0 aliphatic heterocycles. The number of benzene rings is 1. The summed E-state index contributed by atoms with van der Waals surface area (Å²) in [6, 6.07) is 5.98. The van der Waals surface area contributed by atoms with Gasteiger partial charge in [0.25, 0.3) is 0 Å². The summed E-state index contributed by atoms with van der Waals surface area (Å²) in [5.41, 5.74) is -1.33. The van der Waals surface area contributed by atoms with E-state index in [4.69, 9.17) is 20.9 Å². The largest absolute Gasteiger partial charge is 0.437 e. The number of rotatable bonds is 15. The van der Waals surface area contributed by atoms with Crippen LogP contribution in [-0.4, -0.2) is 55.4 Å². The number of nitrogens with zero attached hydrogens (tertiary/aromatic N) is 1. The van der Waals surface area contributed by atoms with Gasteiger partial charge in [0.05, 0.1) is 5.56 Å². The lowest BCUT2D eigenvalue weighted by Crippen LogP contribution is -2.58. The highest BCUT2D eigenvalue weighted by molar-refractivity contribution is 6.90. The molecule has 42 heavy (non-hydrogen) atoms. The summed E-state index contributed by atoms with van der Waals surface area (Å²) in [4.78, 5) is 14.0. The van der Waals surface area contributed by atoms with Gasteiger partial charge in [0.1, 0.15) is 5.58 Å². The molecule has 0 saturated carbocycles. The Kier molecular flexibility index (Phi) is 12.0. The fourth-order valence-electron chi connectivity index (χ4n) is 5.62. The molecule has 0 radical (unpaired) electrons. The SMILES string of the molecule is CCCN(CCC[Si](C)(C)O[Si](C)(C)O[Si](C)(C)O[Si](C)(C)O[Si](C)(C)C)c1ccc2c(C(F)(F)F)cc(=O)oc2c1. The molecule has 0 bridgehead atoms. The van der Waals surface area contributed by atoms with Crippen molar-refractivity contribution in [3.05, 3.63) is 40.2 Å². The van der Waals surface area contributed by atoms with E-state index in [9.17, 15) is 18.0 Å². The Morgan fingerprint density at radius 3 is 1.86 bits per heavy atom. The van der Waals surface area contributed by atoms with E-state index >= 15 is 0 Å². The molecule has 2 rings (SSSR count). The van der Waals surface area contributed by atoms with Gasteiger partial charge in [-0.05, 0) is 103 Å². The van der Waals surface area contributed by atoms with Crippen molar-refractivity contribution in [2.75, 3.05) is 18.0 Å². The van der Waals surface area contributed by atoms with Crippen LogP contribution in [0.2, 0.25) is 78.1 Å². The summed E-state index contributed by atoms with van der Waals surface area (Å²) in [7, 11) is -11.3. The second-order valence-electron chi connectivity index (χ2n) is 13.7. The number of halogens is 3. The van der Waals surface area contributed by atoms with E-state index in [0.717, 1.165) is 31.1 Å². The lowest BCUT2D eigenvalue weighted by Gasteiger charge is -2.42. The van der Waals surface area contributed by atoms with Crippen LogP contribution < -0.4 is 10.5 Å². The van der Waals surface area contributed by atoms with Crippen molar-refractivity contribution in [3.63, 3.8) is 0 Å². The smallest absolute Gasteiger partial charge is 0.417 e. The summed E-state index contributed by atoms with van der Waals surface area (Å²) in [6.07, 6.45) is -2.94. The van der Waals surface area contributed by atoms with E-state index in [-0.39, 0.29) is 11.0 Å². The summed E-state index contributed by atoms with van der Waals surface area (Å²) >= 11 is 0. The molecule has 2 aromatic rings. The number of alkyl halides is 3. The van der Waals surface area contributed by atoms with Gasteiger partial charge in [0.2, 0.25) is 0 Å². The molecule has 1 aromatic carbocycles. The van der Waals surface area contributed by atoms with Crippen LogP contribution >= 0.6 is 0 Å². The molecule has 240 valence electrons. The maximum Gasteiger partial charge on any atom is 0.417 e. The zero-order valence-corrected chi connectivity index (χ0v) is 32.4.